The van der Waals surface area contributed by atoms with Gasteiger partial charge in [-0.05, 0) is 0 Å². The maximum atomic E-state index is 12.2. The van der Waals surface area contributed by atoms with E-state index in [4.69, 9.17) is 15.2 Å². The van der Waals surface area contributed by atoms with Crippen molar-refractivity contribution in [2.24, 2.45) is 0 Å². The van der Waals surface area contributed by atoms with Crippen molar-refractivity contribution in [2.75, 3.05) is 43.5 Å². The first-order valence-corrected chi connectivity index (χ1v) is 8.24. The molecule has 4 atom stereocenters. The Labute approximate surface area is 146 Å². The van der Waals surface area contributed by atoms with Gasteiger partial charge in [0.1, 0.15) is 18.3 Å². The highest BCUT2D eigenvalue weighted by molar-refractivity contribution is 5.75. The molecule has 0 saturated carbocycles. The van der Waals surface area contributed by atoms with Gasteiger partial charge >= 0.3 is 0 Å². The lowest BCUT2D eigenvalue weighted by Crippen LogP contribution is -2.39. The van der Waals surface area contributed by atoms with Crippen LogP contribution in [-0.2, 0) is 9.47 Å². The van der Waals surface area contributed by atoms with Gasteiger partial charge in [0.05, 0.1) is 19.8 Å². The van der Waals surface area contributed by atoms with Gasteiger partial charge in [0.2, 0.25) is 11.9 Å². The number of ether oxygens (including phenoxy) is 2. The maximum Gasteiger partial charge on any atom is 0.280 e. The molecule has 2 aromatic heterocycles. The Morgan fingerprint density at radius 3 is 2.62 bits per heavy atom. The number of fused-ring (bicyclic) bond motifs is 1. The van der Waals surface area contributed by atoms with Crippen molar-refractivity contribution >= 4 is 23.1 Å². The van der Waals surface area contributed by atoms with Crippen LogP contribution >= 0.6 is 0 Å². The van der Waals surface area contributed by atoms with Gasteiger partial charge in [-0.2, -0.15) is 4.98 Å². The van der Waals surface area contributed by atoms with Crippen LogP contribution in [0.25, 0.3) is 11.2 Å². The minimum Gasteiger partial charge on any atom is -0.394 e. The molecular weight excluding hydrogens is 348 g/mol. The molecule has 2 aromatic rings. The van der Waals surface area contributed by atoms with Gasteiger partial charge in [-0.15, -0.1) is 0 Å². The molecule has 0 bridgehead atoms. The third-order valence-electron chi connectivity index (χ3n) is 4.62. The number of aromatic amines is 1. The number of imidazole rings is 1. The van der Waals surface area contributed by atoms with Gasteiger partial charge < -0.3 is 35.4 Å². The summed E-state index contributed by atoms with van der Waals surface area (Å²) >= 11 is 0. The fraction of sp³-hybridized carbons (Fsp3) is 0.643. The largest absolute Gasteiger partial charge is 0.394 e. The van der Waals surface area contributed by atoms with Gasteiger partial charge in [-0.3, -0.25) is 14.3 Å². The number of nitrogens with two attached hydrogens (primary N) is 1. The van der Waals surface area contributed by atoms with Crippen LogP contribution in [0.15, 0.2) is 4.79 Å². The molecule has 0 aromatic carbocycles. The fourth-order valence-electron chi connectivity index (χ4n) is 3.30. The van der Waals surface area contributed by atoms with Crippen LogP contribution in [0, 0.1) is 0 Å². The van der Waals surface area contributed by atoms with Gasteiger partial charge in [0.15, 0.2) is 17.4 Å². The summed E-state index contributed by atoms with van der Waals surface area (Å²) in [6, 6.07) is 0. The second-order valence-corrected chi connectivity index (χ2v) is 6.23. The molecular formula is C14H20N6O6. The van der Waals surface area contributed by atoms with E-state index < -0.39 is 36.7 Å². The van der Waals surface area contributed by atoms with E-state index >= 15 is 0 Å². The number of hydrogen-bond acceptors (Lipinski definition) is 10. The molecule has 6 N–H and O–H groups in total. The topological polar surface area (TPSA) is 172 Å². The van der Waals surface area contributed by atoms with E-state index in [1.807, 2.05) is 4.90 Å². The van der Waals surface area contributed by atoms with Crippen LogP contribution in [0.1, 0.15) is 6.23 Å². The van der Waals surface area contributed by atoms with Gasteiger partial charge in [0.25, 0.3) is 5.56 Å². The first kappa shape index (κ1) is 17.2. The second kappa shape index (κ2) is 6.48. The zero-order valence-electron chi connectivity index (χ0n) is 13.8. The Hall–Kier alpha value is -2.25. The molecule has 4 heterocycles. The predicted octanol–water partition coefficient (Wildman–Crippen LogP) is -2.85. The summed E-state index contributed by atoms with van der Waals surface area (Å²) in [5.74, 6) is 0.241. The molecule has 2 aliphatic heterocycles. The van der Waals surface area contributed by atoms with Crippen LogP contribution in [0.3, 0.4) is 0 Å². The zero-order valence-corrected chi connectivity index (χ0v) is 13.8. The third-order valence-corrected chi connectivity index (χ3v) is 4.62. The highest BCUT2D eigenvalue weighted by Gasteiger charge is 2.45. The monoisotopic (exact) mass is 368 g/mol. The molecule has 12 nitrogen and oxygen atoms in total. The summed E-state index contributed by atoms with van der Waals surface area (Å²) in [4.78, 5) is 25.0. The molecule has 0 amide bonds. The van der Waals surface area contributed by atoms with E-state index in [0.29, 0.717) is 32.3 Å². The Morgan fingerprint density at radius 1 is 1.23 bits per heavy atom. The summed E-state index contributed by atoms with van der Waals surface area (Å²) in [7, 11) is 0. The smallest absolute Gasteiger partial charge is 0.280 e. The van der Waals surface area contributed by atoms with Crippen molar-refractivity contribution in [1.82, 2.24) is 19.5 Å². The number of aromatic nitrogens is 4. The highest BCUT2D eigenvalue weighted by atomic mass is 16.6. The van der Waals surface area contributed by atoms with Crippen LogP contribution < -0.4 is 16.2 Å². The molecule has 2 fully saturated rings. The van der Waals surface area contributed by atoms with Crippen molar-refractivity contribution in [1.29, 1.82) is 0 Å². The molecule has 0 spiro atoms. The van der Waals surface area contributed by atoms with Crippen molar-refractivity contribution in [3.8, 4) is 0 Å². The Bertz CT molecular complexity index is 861. The van der Waals surface area contributed by atoms with Crippen molar-refractivity contribution in [3.05, 3.63) is 10.4 Å². The summed E-state index contributed by atoms with van der Waals surface area (Å²) in [5, 5.41) is 29.9. The number of aliphatic hydroxyl groups excluding tert-OH is 3. The Balaban J connectivity index is 1.89. The minimum atomic E-state index is -1.34. The van der Waals surface area contributed by atoms with Crippen LogP contribution in [0.4, 0.5) is 11.9 Å². The van der Waals surface area contributed by atoms with E-state index in [-0.39, 0.29) is 17.1 Å². The van der Waals surface area contributed by atoms with Gasteiger partial charge in [-0.1, -0.05) is 0 Å². The normalized spacial score (nSPS) is 29.6. The predicted molar refractivity (Wildman–Crippen MR) is 88.6 cm³/mol. The lowest BCUT2D eigenvalue weighted by Gasteiger charge is -2.30. The summed E-state index contributed by atoms with van der Waals surface area (Å²) < 4.78 is 12.4. The molecule has 26 heavy (non-hydrogen) atoms. The molecule has 4 rings (SSSR count). The standard InChI is InChI=1S/C14H20N6O6/c15-13-17-10-7(11(24)18-13)16-14(19-1-3-25-4-2-19)20(10)12-9(23)8(22)6(5-21)26-12/h6,8-9,12,21-23H,1-5H2,(H3,15,17,18,24)/t6-,8+,9-,12+/m0/s1. The lowest BCUT2D eigenvalue weighted by atomic mass is 10.1. The van der Waals surface area contributed by atoms with Crippen molar-refractivity contribution in [2.45, 2.75) is 24.5 Å². The fourth-order valence-corrected chi connectivity index (χ4v) is 3.30. The number of nitrogens with zero attached hydrogens (tertiary/aromatic N) is 4. The SMILES string of the molecule is Nc1nc2c(nc(N3CCOCC3)n2[C@@H]2O[C@@H](CO)[C@@H](O)[C@@H]2O)c(=O)[nH]1. The van der Waals surface area contributed by atoms with Crippen LogP contribution in [-0.4, -0.2) is 86.1 Å². The summed E-state index contributed by atoms with van der Waals surface area (Å²) in [6.45, 7) is 1.53. The van der Waals surface area contributed by atoms with Gasteiger partial charge in [0, 0.05) is 13.1 Å². The number of nitrogen functional groups attached to an aromatic ring is 1. The quantitative estimate of drug-likeness (QED) is 0.379. The second-order valence-electron chi connectivity index (χ2n) is 6.23. The lowest BCUT2D eigenvalue weighted by molar-refractivity contribution is -0.0506. The number of nitrogens with one attached hydrogen (secondary N) is 1. The van der Waals surface area contributed by atoms with Crippen LogP contribution in [0.2, 0.25) is 0 Å². The molecule has 0 radical (unpaired) electrons. The molecule has 12 heteroatoms. The van der Waals surface area contributed by atoms with E-state index in [2.05, 4.69) is 15.0 Å². The number of H-pyrrole nitrogens is 1. The molecule has 2 saturated heterocycles. The molecule has 2 aliphatic rings. The van der Waals surface area contributed by atoms with E-state index in [1.54, 1.807) is 0 Å². The number of aliphatic hydroxyl groups is 3. The van der Waals surface area contributed by atoms with Crippen molar-refractivity contribution in [3.63, 3.8) is 0 Å². The molecule has 0 aliphatic carbocycles. The maximum absolute atomic E-state index is 12.2. The number of morpholine rings is 1. The third kappa shape index (κ3) is 2.62. The molecule has 142 valence electrons. The first-order chi connectivity index (χ1) is 12.5. The Kier molecular flexibility index (Phi) is 4.28. The molecule has 0 unspecified atom stereocenters. The summed E-state index contributed by atoms with van der Waals surface area (Å²) in [5.41, 5.74) is 5.31. The minimum absolute atomic E-state index is 0.0402. The highest BCUT2D eigenvalue weighted by Crippen LogP contribution is 2.35. The van der Waals surface area contributed by atoms with Crippen LogP contribution in [0.5, 0.6) is 0 Å². The van der Waals surface area contributed by atoms with E-state index in [1.165, 1.54) is 4.57 Å². The summed E-state index contributed by atoms with van der Waals surface area (Å²) in [6.07, 6.45) is -4.69. The number of hydrogen-bond donors (Lipinski definition) is 5. The number of anilines is 2. The number of rotatable bonds is 3. The first-order valence-electron chi connectivity index (χ1n) is 8.24. The van der Waals surface area contributed by atoms with Crippen molar-refractivity contribution < 1.29 is 24.8 Å². The van der Waals surface area contributed by atoms with E-state index in [9.17, 15) is 20.1 Å². The van der Waals surface area contributed by atoms with Gasteiger partial charge in [-0.25, -0.2) is 4.98 Å². The van der Waals surface area contributed by atoms with E-state index in [0.717, 1.165) is 0 Å². The zero-order chi connectivity index (χ0) is 18.4. The Morgan fingerprint density at radius 2 is 1.96 bits per heavy atom. The average Bonchev–Trinajstić information content (AvgIpc) is 3.14. The average molecular weight is 368 g/mol.